The Morgan fingerprint density at radius 2 is 2.08 bits per heavy atom. The molecule has 0 saturated carbocycles. The average molecular weight is 327 g/mol. The molecular weight excluding hydrogens is 302 g/mol. The van der Waals surface area contributed by atoms with Crippen molar-refractivity contribution in [3.63, 3.8) is 0 Å². The number of likely N-dealkylation sites (tertiary alicyclic amines) is 1. The summed E-state index contributed by atoms with van der Waals surface area (Å²) in [6.07, 6.45) is 4.45. The third-order valence-corrected chi connectivity index (χ3v) is 4.77. The Labute approximate surface area is 143 Å². The fourth-order valence-corrected chi connectivity index (χ4v) is 3.33. The zero-order valence-corrected chi connectivity index (χ0v) is 14.4. The molecule has 0 bridgehead atoms. The Balaban J connectivity index is 1.71. The predicted molar refractivity (Wildman–Crippen MR) is 93.2 cm³/mol. The second kappa shape index (κ2) is 7.57. The summed E-state index contributed by atoms with van der Waals surface area (Å²) in [6.45, 7) is 9.16. The monoisotopic (exact) mass is 327 g/mol. The van der Waals surface area contributed by atoms with E-state index in [1.165, 1.54) is 6.42 Å². The Hall–Kier alpha value is -2.21. The normalized spacial score (nSPS) is 18.0. The molecule has 1 amide bonds. The quantitative estimate of drug-likeness (QED) is 0.815. The second-order valence-corrected chi connectivity index (χ2v) is 6.31. The molecule has 128 valence electrons. The van der Waals surface area contributed by atoms with Crippen molar-refractivity contribution in [3.05, 3.63) is 42.5 Å². The molecule has 24 heavy (non-hydrogen) atoms. The molecule has 2 aromatic rings. The first kappa shape index (κ1) is 16.6. The van der Waals surface area contributed by atoms with E-state index in [1.54, 1.807) is 12.7 Å². The van der Waals surface area contributed by atoms with Gasteiger partial charge in [-0.2, -0.15) is 0 Å². The molecule has 1 atom stereocenters. The zero-order chi connectivity index (χ0) is 16.9. The van der Waals surface area contributed by atoms with Crippen LogP contribution in [-0.4, -0.2) is 63.2 Å². The van der Waals surface area contributed by atoms with E-state index < -0.39 is 0 Å². The Morgan fingerprint density at radius 1 is 1.29 bits per heavy atom. The van der Waals surface area contributed by atoms with Crippen LogP contribution in [0.1, 0.15) is 30.6 Å². The minimum atomic E-state index is 0.0994. The largest absolute Gasteiger partial charge is 0.339 e. The van der Waals surface area contributed by atoms with E-state index in [0.29, 0.717) is 11.5 Å². The SMILES string of the molecule is CCN1CCC(CN(CC)C(=O)c2cccc(-n3cnnc3)c2)C1. The average Bonchev–Trinajstić information content (AvgIpc) is 3.30. The Kier molecular flexibility index (Phi) is 5.25. The van der Waals surface area contributed by atoms with Crippen LogP contribution in [0.15, 0.2) is 36.9 Å². The van der Waals surface area contributed by atoms with Crippen molar-refractivity contribution in [1.82, 2.24) is 24.6 Å². The maximum absolute atomic E-state index is 12.9. The fraction of sp³-hybridized carbons (Fsp3) is 0.500. The lowest BCUT2D eigenvalue weighted by molar-refractivity contribution is 0.0739. The molecule has 0 radical (unpaired) electrons. The summed E-state index contributed by atoms with van der Waals surface area (Å²) >= 11 is 0. The van der Waals surface area contributed by atoms with Crippen molar-refractivity contribution in [2.75, 3.05) is 32.7 Å². The third kappa shape index (κ3) is 3.64. The first-order valence-corrected chi connectivity index (χ1v) is 8.68. The van der Waals surface area contributed by atoms with Crippen molar-refractivity contribution in [3.8, 4) is 5.69 Å². The van der Waals surface area contributed by atoms with Crippen LogP contribution < -0.4 is 0 Å². The maximum Gasteiger partial charge on any atom is 0.253 e. The van der Waals surface area contributed by atoms with Gasteiger partial charge in [-0.3, -0.25) is 9.36 Å². The van der Waals surface area contributed by atoms with E-state index in [0.717, 1.165) is 38.4 Å². The van der Waals surface area contributed by atoms with Crippen LogP contribution in [0.5, 0.6) is 0 Å². The zero-order valence-electron chi connectivity index (χ0n) is 14.4. The van der Waals surface area contributed by atoms with E-state index in [4.69, 9.17) is 0 Å². The molecule has 1 aliphatic rings. The molecule has 0 spiro atoms. The van der Waals surface area contributed by atoms with Gasteiger partial charge in [-0.25, -0.2) is 0 Å². The van der Waals surface area contributed by atoms with Gasteiger partial charge in [0.25, 0.3) is 5.91 Å². The number of hydrogen-bond acceptors (Lipinski definition) is 4. The lowest BCUT2D eigenvalue weighted by Crippen LogP contribution is -2.36. The number of carbonyl (C=O) groups excluding carboxylic acids is 1. The van der Waals surface area contributed by atoms with Crippen LogP contribution in [0.2, 0.25) is 0 Å². The summed E-state index contributed by atoms with van der Waals surface area (Å²) in [5.74, 6) is 0.678. The molecule has 1 fully saturated rings. The van der Waals surface area contributed by atoms with Gasteiger partial charge in [0.15, 0.2) is 0 Å². The third-order valence-electron chi connectivity index (χ3n) is 4.77. The summed E-state index contributed by atoms with van der Waals surface area (Å²) in [5.41, 5.74) is 1.62. The standard InChI is InChI=1S/C18H25N5O/c1-3-21-9-8-15(11-21)12-22(4-2)18(24)16-6-5-7-17(10-16)23-13-19-20-14-23/h5-7,10,13-15H,3-4,8-9,11-12H2,1-2H3. The molecule has 1 unspecified atom stereocenters. The first-order chi connectivity index (χ1) is 11.7. The van der Waals surface area contributed by atoms with Gasteiger partial charge in [0.05, 0.1) is 0 Å². The smallest absolute Gasteiger partial charge is 0.253 e. The Morgan fingerprint density at radius 3 is 2.75 bits per heavy atom. The molecule has 3 rings (SSSR count). The van der Waals surface area contributed by atoms with Crippen molar-refractivity contribution >= 4 is 5.91 Å². The van der Waals surface area contributed by atoms with E-state index >= 15 is 0 Å². The number of aromatic nitrogens is 3. The molecule has 2 heterocycles. The highest BCUT2D eigenvalue weighted by molar-refractivity contribution is 5.94. The minimum absolute atomic E-state index is 0.0994. The van der Waals surface area contributed by atoms with Gasteiger partial charge in [-0.15, -0.1) is 10.2 Å². The number of rotatable bonds is 6. The summed E-state index contributed by atoms with van der Waals surface area (Å²) in [4.78, 5) is 17.3. The van der Waals surface area contributed by atoms with Gasteiger partial charge in [0.2, 0.25) is 0 Å². The number of benzene rings is 1. The lowest BCUT2D eigenvalue weighted by Gasteiger charge is -2.25. The number of nitrogens with zero attached hydrogens (tertiary/aromatic N) is 5. The van der Waals surface area contributed by atoms with Gasteiger partial charge in [-0.1, -0.05) is 13.0 Å². The Bertz CT molecular complexity index is 670. The van der Waals surface area contributed by atoms with Crippen LogP contribution in [0.4, 0.5) is 0 Å². The van der Waals surface area contributed by atoms with Crippen LogP contribution >= 0.6 is 0 Å². The van der Waals surface area contributed by atoms with Crippen LogP contribution in [0, 0.1) is 5.92 Å². The summed E-state index contributed by atoms with van der Waals surface area (Å²) in [6, 6.07) is 7.64. The highest BCUT2D eigenvalue weighted by Gasteiger charge is 2.25. The van der Waals surface area contributed by atoms with Crippen molar-refractivity contribution in [2.45, 2.75) is 20.3 Å². The topological polar surface area (TPSA) is 54.3 Å². The molecule has 1 saturated heterocycles. The van der Waals surface area contributed by atoms with E-state index in [1.807, 2.05) is 40.7 Å². The van der Waals surface area contributed by atoms with Gasteiger partial charge in [0.1, 0.15) is 12.7 Å². The number of hydrogen-bond donors (Lipinski definition) is 0. The van der Waals surface area contributed by atoms with Gasteiger partial charge in [-0.05, 0) is 50.6 Å². The van der Waals surface area contributed by atoms with E-state index in [-0.39, 0.29) is 5.91 Å². The molecule has 1 aliphatic heterocycles. The van der Waals surface area contributed by atoms with Crippen molar-refractivity contribution < 1.29 is 4.79 Å². The summed E-state index contributed by atoms with van der Waals surface area (Å²) < 4.78 is 1.81. The highest BCUT2D eigenvalue weighted by Crippen LogP contribution is 2.19. The first-order valence-electron chi connectivity index (χ1n) is 8.68. The highest BCUT2D eigenvalue weighted by atomic mass is 16.2. The second-order valence-electron chi connectivity index (χ2n) is 6.31. The van der Waals surface area contributed by atoms with Crippen molar-refractivity contribution in [2.24, 2.45) is 5.92 Å². The molecule has 1 aromatic heterocycles. The maximum atomic E-state index is 12.9. The molecule has 0 N–H and O–H groups in total. The fourth-order valence-electron chi connectivity index (χ4n) is 3.33. The summed E-state index contributed by atoms with van der Waals surface area (Å²) in [7, 11) is 0. The molecule has 1 aromatic carbocycles. The summed E-state index contributed by atoms with van der Waals surface area (Å²) in [5, 5.41) is 7.64. The molecule has 0 aliphatic carbocycles. The molecular formula is C18H25N5O. The van der Waals surface area contributed by atoms with Crippen LogP contribution in [0.3, 0.4) is 0 Å². The predicted octanol–water partition coefficient (Wildman–Crippen LogP) is 2.07. The van der Waals surface area contributed by atoms with Gasteiger partial charge in [0, 0.05) is 30.9 Å². The van der Waals surface area contributed by atoms with Crippen LogP contribution in [-0.2, 0) is 0 Å². The van der Waals surface area contributed by atoms with Crippen LogP contribution in [0.25, 0.3) is 5.69 Å². The number of amides is 1. The molecule has 6 nitrogen and oxygen atoms in total. The number of carbonyl (C=O) groups is 1. The lowest BCUT2D eigenvalue weighted by atomic mass is 10.1. The minimum Gasteiger partial charge on any atom is -0.339 e. The van der Waals surface area contributed by atoms with Gasteiger partial charge < -0.3 is 9.80 Å². The van der Waals surface area contributed by atoms with E-state index in [9.17, 15) is 4.79 Å². The van der Waals surface area contributed by atoms with Crippen molar-refractivity contribution in [1.29, 1.82) is 0 Å². The van der Waals surface area contributed by atoms with Gasteiger partial charge >= 0.3 is 0 Å². The molecule has 6 heteroatoms. The van der Waals surface area contributed by atoms with E-state index in [2.05, 4.69) is 22.0 Å².